The first-order valence-electron chi connectivity index (χ1n) is 5.05. The van der Waals surface area contributed by atoms with Gasteiger partial charge in [-0.05, 0) is 24.1 Å². The minimum atomic E-state index is -0.792. The largest absolute Gasteiger partial charge is 0.368 e. The molecule has 5 nitrogen and oxygen atoms in total. The molecule has 0 saturated carbocycles. The van der Waals surface area contributed by atoms with Crippen molar-refractivity contribution in [1.82, 2.24) is 5.32 Å². The van der Waals surface area contributed by atoms with Crippen LogP contribution in [0, 0.1) is 5.82 Å². The van der Waals surface area contributed by atoms with E-state index >= 15 is 0 Å². The lowest BCUT2D eigenvalue weighted by Gasteiger charge is -2.11. The predicted molar refractivity (Wildman–Crippen MR) is 60.3 cm³/mol. The summed E-state index contributed by atoms with van der Waals surface area (Å²) in [6.07, 6.45) is 0.269. The standard InChI is InChI=1S/C11H14FN3O2/c12-8-3-1-7(2-4-8)5-9(13)11(17)15-6-10(14)16/h1-4,9H,5-6,13H2,(H2,14,16)(H,15,17)/t9-/m0/s1. The van der Waals surface area contributed by atoms with Gasteiger partial charge in [-0.15, -0.1) is 0 Å². The van der Waals surface area contributed by atoms with Crippen LogP contribution in [-0.4, -0.2) is 24.4 Å². The monoisotopic (exact) mass is 239 g/mol. The van der Waals surface area contributed by atoms with E-state index in [0.717, 1.165) is 5.56 Å². The molecule has 0 heterocycles. The number of hydrogen-bond donors (Lipinski definition) is 3. The Morgan fingerprint density at radius 1 is 1.29 bits per heavy atom. The molecule has 1 aromatic carbocycles. The molecule has 17 heavy (non-hydrogen) atoms. The normalized spacial score (nSPS) is 11.9. The Balaban J connectivity index is 2.48. The Hall–Kier alpha value is -1.95. The summed E-state index contributed by atoms with van der Waals surface area (Å²) in [4.78, 5) is 21.8. The highest BCUT2D eigenvalue weighted by atomic mass is 19.1. The molecular formula is C11H14FN3O2. The number of halogens is 1. The van der Waals surface area contributed by atoms with Crippen LogP contribution in [0.25, 0.3) is 0 Å². The first-order chi connectivity index (χ1) is 7.99. The average molecular weight is 239 g/mol. The van der Waals surface area contributed by atoms with Gasteiger partial charge in [-0.2, -0.15) is 0 Å². The lowest BCUT2D eigenvalue weighted by molar-refractivity contribution is -0.125. The summed E-state index contributed by atoms with van der Waals surface area (Å²) in [6, 6.07) is 4.90. The van der Waals surface area contributed by atoms with Crippen molar-refractivity contribution < 1.29 is 14.0 Å². The van der Waals surface area contributed by atoms with E-state index in [1.165, 1.54) is 12.1 Å². The van der Waals surface area contributed by atoms with E-state index in [9.17, 15) is 14.0 Å². The summed E-state index contributed by atoms with van der Waals surface area (Å²) in [5.41, 5.74) is 11.2. The maximum absolute atomic E-state index is 12.6. The third-order valence-corrected chi connectivity index (χ3v) is 2.14. The first kappa shape index (κ1) is 13.1. The molecule has 0 unspecified atom stereocenters. The van der Waals surface area contributed by atoms with Crippen LogP contribution < -0.4 is 16.8 Å². The summed E-state index contributed by atoms with van der Waals surface area (Å²) < 4.78 is 12.6. The molecule has 0 fully saturated rings. The van der Waals surface area contributed by atoms with Crippen molar-refractivity contribution in [2.45, 2.75) is 12.5 Å². The smallest absolute Gasteiger partial charge is 0.237 e. The molecule has 1 rings (SSSR count). The van der Waals surface area contributed by atoms with Crippen molar-refractivity contribution in [3.05, 3.63) is 35.6 Å². The Kier molecular flexibility index (Phi) is 4.59. The van der Waals surface area contributed by atoms with Crippen molar-refractivity contribution in [3.63, 3.8) is 0 Å². The van der Waals surface area contributed by atoms with Gasteiger partial charge in [0, 0.05) is 0 Å². The molecule has 0 saturated heterocycles. The maximum Gasteiger partial charge on any atom is 0.237 e. The molecule has 0 spiro atoms. The topological polar surface area (TPSA) is 98.2 Å². The third-order valence-electron chi connectivity index (χ3n) is 2.14. The van der Waals surface area contributed by atoms with Crippen LogP contribution in [0.15, 0.2) is 24.3 Å². The van der Waals surface area contributed by atoms with E-state index in [1.54, 1.807) is 12.1 Å². The van der Waals surface area contributed by atoms with E-state index in [0.29, 0.717) is 0 Å². The van der Waals surface area contributed by atoms with Crippen molar-refractivity contribution in [2.75, 3.05) is 6.54 Å². The Morgan fingerprint density at radius 2 is 1.88 bits per heavy atom. The van der Waals surface area contributed by atoms with Crippen LogP contribution >= 0.6 is 0 Å². The summed E-state index contributed by atoms with van der Waals surface area (Å²) in [5, 5.41) is 2.30. The van der Waals surface area contributed by atoms with Crippen LogP contribution in [0.5, 0.6) is 0 Å². The van der Waals surface area contributed by atoms with Crippen LogP contribution in [0.3, 0.4) is 0 Å². The minimum Gasteiger partial charge on any atom is -0.368 e. The number of primary amides is 1. The fourth-order valence-corrected chi connectivity index (χ4v) is 1.27. The first-order valence-corrected chi connectivity index (χ1v) is 5.05. The van der Waals surface area contributed by atoms with E-state index in [2.05, 4.69) is 5.32 Å². The molecule has 0 aliphatic rings. The van der Waals surface area contributed by atoms with Gasteiger partial charge in [-0.25, -0.2) is 4.39 Å². The number of rotatable bonds is 5. The number of hydrogen-bond acceptors (Lipinski definition) is 3. The van der Waals surface area contributed by atoms with Gasteiger partial charge in [0.05, 0.1) is 12.6 Å². The van der Waals surface area contributed by atoms with Crippen LogP contribution in [0.2, 0.25) is 0 Å². The third kappa shape index (κ3) is 4.60. The van der Waals surface area contributed by atoms with Gasteiger partial charge in [0.25, 0.3) is 0 Å². The molecular weight excluding hydrogens is 225 g/mol. The van der Waals surface area contributed by atoms with Crippen LogP contribution in [0.4, 0.5) is 4.39 Å². The zero-order chi connectivity index (χ0) is 12.8. The van der Waals surface area contributed by atoms with Gasteiger partial charge in [0.1, 0.15) is 5.82 Å². The number of nitrogens with two attached hydrogens (primary N) is 2. The molecule has 2 amide bonds. The molecule has 0 aliphatic carbocycles. The number of carbonyl (C=O) groups is 2. The van der Waals surface area contributed by atoms with Crippen molar-refractivity contribution in [3.8, 4) is 0 Å². The number of nitrogens with one attached hydrogen (secondary N) is 1. The van der Waals surface area contributed by atoms with Crippen molar-refractivity contribution >= 4 is 11.8 Å². The highest BCUT2D eigenvalue weighted by molar-refractivity contribution is 5.86. The second-order valence-corrected chi connectivity index (χ2v) is 3.62. The molecule has 0 aromatic heterocycles. The number of benzene rings is 1. The van der Waals surface area contributed by atoms with Crippen LogP contribution in [-0.2, 0) is 16.0 Å². The zero-order valence-corrected chi connectivity index (χ0v) is 9.15. The maximum atomic E-state index is 12.6. The van der Waals surface area contributed by atoms with Crippen LogP contribution in [0.1, 0.15) is 5.56 Å². The van der Waals surface area contributed by atoms with E-state index in [-0.39, 0.29) is 18.8 Å². The van der Waals surface area contributed by atoms with E-state index in [1.807, 2.05) is 0 Å². The number of carbonyl (C=O) groups excluding carboxylic acids is 2. The fourth-order valence-electron chi connectivity index (χ4n) is 1.27. The lowest BCUT2D eigenvalue weighted by atomic mass is 10.1. The quantitative estimate of drug-likeness (QED) is 0.633. The van der Waals surface area contributed by atoms with Gasteiger partial charge in [-0.3, -0.25) is 9.59 Å². The predicted octanol–water partition coefficient (Wildman–Crippen LogP) is -0.703. The molecule has 5 N–H and O–H groups in total. The highest BCUT2D eigenvalue weighted by Crippen LogP contribution is 2.04. The zero-order valence-electron chi connectivity index (χ0n) is 9.15. The lowest BCUT2D eigenvalue weighted by Crippen LogP contribution is -2.44. The Morgan fingerprint density at radius 3 is 2.41 bits per heavy atom. The SMILES string of the molecule is NC(=O)CNC(=O)[C@@H](N)Cc1ccc(F)cc1. The second-order valence-electron chi connectivity index (χ2n) is 3.62. The van der Waals surface area contributed by atoms with Gasteiger partial charge in [0.2, 0.25) is 11.8 Å². The fraction of sp³-hybridized carbons (Fsp3) is 0.273. The molecule has 92 valence electrons. The molecule has 0 aliphatic heterocycles. The van der Waals surface area contributed by atoms with Gasteiger partial charge in [0.15, 0.2) is 0 Å². The Labute approximate surface area is 98.0 Å². The van der Waals surface area contributed by atoms with Crippen molar-refractivity contribution in [1.29, 1.82) is 0 Å². The summed E-state index contributed by atoms with van der Waals surface area (Å²) in [7, 11) is 0. The second kappa shape index (κ2) is 5.95. The van der Waals surface area contributed by atoms with E-state index < -0.39 is 17.9 Å². The molecule has 6 heteroatoms. The Bertz CT molecular complexity index is 406. The summed E-state index contributed by atoms with van der Waals surface area (Å²) in [5.74, 6) is -1.44. The van der Waals surface area contributed by atoms with Gasteiger partial charge < -0.3 is 16.8 Å². The van der Waals surface area contributed by atoms with Crippen molar-refractivity contribution in [2.24, 2.45) is 11.5 Å². The molecule has 1 aromatic rings. The average Bonchev–Trinajstić information content (AvgIpc) is 2.28. The molecule has 1 atom stereocenters. The molecule has 0 radical (unpaired) electrons. The molecule has 0 bridgehead atoms. The van der Waals surface area contributed by atoms with Gasteiger partial charge in [-0.1, -0.05) is 12.1 Å². The summed E-state index contributed by atoms with van der Waals surface area (Å²) in [6.45, 7) is -0.240. The van der Waals surface area contributed by atoms with E-state index in [4.69, 9.17) is 11.5 Å². The number of amides is 2. The minimum absolute atomic E-state index is 0.240. The van der Waals surface area contributed by atoms with Gasteiger partial charge >= 0.3 is 0 Å². The highest BCUT2D eigenvalue weighted by Gasteiger charge is 2.14. The summed E-state index contributed by atoms with van der Waals surface area (Å²) >= 11 is 0.